The molecule has 2 aromatic heterocycles. The van der Waals surface area contributed by atoms with Crippen molar-refractivity contribution in [1.29, 1.82) is 0 Å². The van der Waals surface area contributed by atoms with Gasteiger partial charge in [-0.2, -0.15) is 0 Å². The summed E-state index contributed by atoms with van der Waals surface area (Å²) in [5.74, 6) is 0.587. The molecule has 1 aliphatic rings. The molecule has 1 fully saturated rings. The first-order valence-electron chi connectivity index (χ1n) is 7.00. The number of likely N-dealkylation sites (tertiary alicyclic amines) is 1. The van der Waals surface area contributed by atoms with E-state index < -0.39 is 6.17 Å². The lowest BCUT2D eigenvalue weighted by Gasteiger charge is -2.23. The van der Waals surface area contributed by atoms with Crippen molar-refractivity contribution in [2.75, 3.05) is 18.4 Å². The van der Waals surface area contributed by atoms with Crippen LogP contribution in [0.2, 0.25) is 0 Å². The van der Waals surface area contributed by atoms with E-state index in [-0.39, 0.29) is 6.04 Å². The Morgan fingerprint density at radius 3 is 2.95 bits per heavy atom. The number of nitrogens with one attached hydrogen (secondary N) is 1. The number of rotatable bonds is 5. The first-order chi connectivity index (χ1) is 10.2. The van der Waals surface area contributed by atoms with Crippen molar-refractivity contribution < 1.29 is 4.39 Å². The number of hydrogen-bond donors (Lipinski definition) is 1. The molecular formula is C14H18FN5S. The van der Waals surface area contributed by atoms with E-state index in [0.29, 0.717) is 32.0 Å². The van der Waals surface area contributed by atoms with Crippen molar-refractivity contribution in [2.45, 2.75) is 32.1 Å². The van der Waals surface area contributed by atoms with Crippen LogP contribution < -0.4 is 5.32 Å². The van der Waals surface area contributed by atoms with Crippen molar-refractivity contribution in [3.63, 3.8) is 0 Å². The number of thiazole rings is 1. The van der Waals surface area contributed by atoms with Gasteiger partial charge in [0.1, 0.15) is 6.17 Å². The lowest BCUT2D eigenvalue weighted by atomic mass is 10.2. The van der Waals surface area contributed by atoms with E-state index in [0.717, 1.165) is 10.7 Å². The van der Waals surface area contributed by atoms with E-state index in [1.54, 1.807) is 29.8 Å². The van der Waals surface area contributed by atoms with E-state index in [1.165, 1.54) is 0 Å². The molecule has 112 valence electrons. The maximum Gasteiger partial charge on any atom is 0.222 e. The molecule has 0 aromatic carbocycles. The molecule has 21 heavy (non-hydrogen) atoms. The Labute approximate surface area is 127 Å². The topological polar surface area (TPSA) is 53.9 Å². The smallest absolute Gasteiger partial charge is 0.222 e. The van der Waals surface area contributed by atoms with E-state index in [4.69, 9.17) is 0 Å². The van der Waals surface area contributed by atoms with Gasteiger partial charge in [-0.15, -0.1) is 11.3 Å². The van der Waals surface area contributed by atoms with Gasteiger partial charge in [-0.1, -0.05) is 0 Å². The minimum Gasteiger partial charge on any atom is -0.353 e. The van der Waals surface area contributed by atoms with Crippen molar-refractivity contribution >= 4 is 17.3 Å². The molecule has 0 amide bonds. The van der Waals surface area contributed by atoms with Gasteiger partial charge in [-0.05, 0) is 19.4 Å². The first-order valence-corrected chi connectivity index (χ1v) is 7.88. The van der Waals surface area contributed by atoms with Crippen LogP contribution in [-0.2, 0) is 6.54 Å². The van der Waals surface area contributed by atoms with E-state index in [9.17, 15) is 4.39 Å². The number of anilines is 1. The van der Waals surface area contributed by atoms with Crippen molar-refractivity contribution in [3.05, 3.63) is 34.5 Å². The molecule has 0 spiro atoms. The zero-order chi connectivity index (χ0) is 14.7. The molecule has 0 saturated carbocycles. The Morgan fingerprint density at radius 1 is 1.43 bits per heavy atom. The Hall–Kier alpha value is -1.60. The van der Waals surface area contributed by atoms with E-state index >= 15 is 0 Å². The van der Waals surface area contributed by atoms with Crippen LogP contribution in [0.25, 0.3) is 0 Å². The van der Waals surface area contributed by atoms with Crippen molar-refractivity contribution in [2.24, 2.45) is 0 Å². The summed E-state index contributed by atoms with van der Waals surface area (Å²) in [4.78, 5) is 14.9. The van der Waals surface area contributed by atoms with Gasteiger partial charge in [-0.25, -0.2) is 19.3 Å². The maximum atomic E-state index is 13.7. The van der Waals surface area contributed by atoms with Crippen molar-refractivity contribution in [3.8, 4) is 0 Å². The van der Waals surface area contributed by atoms with Crippen LogP contribution >= 0.6 is 11.3 Å². The number of alkyl halides is 1. The van der Waals surface area contributed by atoms with Crippen LogP contribution in [0, 0.1) is 6.92 Å². The van der Waals surface area contributed by atoms with Crippen LogP contribution in [0.5, 0.6) is 0 Å². The van der Waals surface area contributed by atoms with Gasteiger partial charge in [0.2, 0.25) is 5.95 Å². The molecule has 3 heterocycles. The Morgan fingerprint density at radius 2 is 2.24 bits per heavy atom. The molecule has 0 radical (unpaired) electrons. The lowest BCUT2D eigenvalue weighted by Crippen LogP contribution is -2.34. The molecule has 7 heteroatoms. The number of hydrogen-bond acceptors (Lipinski definition) is 6. The highest BCUT2D eigenvalue weighted by Gasteiger charge is 2.32. The predicted molar refractivity (Wildman–Crippen MR) is 81.1 cm³/mol. The summed E-state index contributed by atoms with van der Waals surface area (Å²) in [6.45, 7) is 3.81. The SMILES string of the molecule is Cc1nc(CN2C[C@@H](F)C[C@H]2CNc2ncccn2)cs1. The zero-order valence-electron chi connectivity index (χ0n) is 11.9. The fourth-order valence-electron chi connectivity index (χ4n) is 2.62. The molecular weight excluding hydrogens is 289 g/mol. The number of nitrogens with zero attached hydrogens (tertiary/aromatic N) is 4. The summed E-state index contributed by atoms with van der Waals surface area (Å²) >= 11 is 1.63. The molecule has 2 aromatic rings. The summed E-state index contributed by atoms with van der Waals surface area (Å²) in [6.07, 6.45) is 3.16. The van der Waals surface area contributed by atoms with Crippen LogP contribution in [0.3, 0.4) is 0 Å². The Bertz CT molecular complexity index is 576. The van der Waals surface area contributed by atoms with E-state index in [1.807, 2.05) is 12.3 Å². The largest absolute Gasteiger partial charge is 0.353 e. The molecule has 0 aliphatic carbocycles. The minimum atomic E-state index is -0.770. The second-order valence-electron chi connectivity index (χ2n) is 5.23. The third kappa shape index (κ3) is 3.74. The fraction of sp³-hybridized carbons (Fsp3) is 0.500. The molecule has 0 bridgehead atoms. The highest BCUT2D eigenvalue weighted by Crippen LogP contribution is 2.23. The monoisotopic (exact) mass is 307 g/mol. The van der Waals surface area contributed by atoms with E-state index in [2.05, 4.69) is 25.2 Å². The number of halogens is 1. The zero-order valence-corrected chi connectivity index (χ0v) is 12.7. The summed E-state index contributed by atoms with van der Waals surface area (Å²) in [5.41, 5.74) is 1.02. The molecule has 1 N–H and O–H groups in total. The second-order valence-corrected chi connectivity index (χ2v) is 6.29. The van der Waals surface area contributed by atoms with Gasteiger partial charge < -0.3 is 5.32 Å². The summed E-state index contributed by atoms with van der Waals surface area (Å²) < 4.78 is 13.7. The average Bonchev–Trinajstić information content (AvgIpc) is 3.04. The lowest BCUT2D eigenvalue weighted by molar-refractivity contribution is 0.239. The highest BCUT2D eigenvalue weighted by molar-refractivity contribution is 7.09. The third-order valence-electron chi connectivity index (χ3n) is 3.57. The minimum absolute atomic E-state index is 0.144. The van der Waals surface area contributed by atoms with Crippen LogP contribution in [-0.4, -0.2) is 45.2 Å². The van der Waals surface area contributed by atoms with Gasteiger partial charge in [-0.3, -0.25) is 4.90 Å². The van der Waals surface area contributed by atoms with Gasteiger partial charge in [0, 0.05) is 43.4 Å². The predicted octanol–water partition coefficient (Wildman–Crippen LogP) is 2.27. The normalized spacial score (nSPS) is 22.6. The molecule has 2 atom stereocenters. The number of aromatic nitrogens is 3. The number of aryl methyl sites for hydroxylation is 1. The van der Waals surface area contributed by atoms with Gasteiger partial charge in [0.05, 0.1) is 10.7 Å². The standard InChI is InChI=1S/C14H18FN5S/c1-10-19-12(9-21-10)8-20-7-11(15)5-13(20)6-18-14-16-3-2-4-17-14/h2-4,9,11,13H,5-8H2,1H3,(H,16,17,18)/t11-,13-/m0/s1. The van der Waals surface area contributed by atoms with Crippen LogP contribution in [0.1, 0.15) is 17.1 Å². The molecule has 1 aliphatic heterocycles. The summed E-state index contributed by atoms with van der Waals surface area (Å²) in [6, 6.07) is 1.92. The van der Waals surface area contributed by atoms with Gasteiger partial charge >= 0.3 is 0 Å². The molecule has 5 nitrogen and oxygen atoms in total. The Kier molecular flexibility index (Phi) is 4.40. The van der Waals surface area contributed by atoms with Crippen molar-refractivity contribution in [1.82, 2.24) is 19.9 Å². The summed E-state index contributed by atoms with van der Waals surface area (Å²) in [5, 5.41) is 6.28. The van der Waals surface area contributed by atoms with Crippen LogP contribution in [0.4, 0.5) is 10.3 Å². The molecule has 3 rings (SSSR count). The maximum absolute atomic E-state index is 13.7. The van der Waals surface area contributed by atoms with Crippen LogP contribution in [0.15, 0.2) is 23.8 Å². The fourth-order valence-corrected chi connectivity index (χ4v) is 3.22. The quantitative estimate of drug-likeness (QED) is 0.918. The average molecular weight is 307 g/mol. The molecule has 0 unspecified atom stereocenters. The first kappa shape index (κ1) is 14.3. The highest BCUT2D eigenvalue weighted by atomic mass is 32.1. The summed E-state index contributed by atoms with van der Waals surface area (Å²) in [7, 11) is 0. The van der Waals surface area contributed by atoms with Gasteiger partial charge in [0.15, 0.2) is 0 Å². The third-order valence-corrected chi connectivity index (χ3v) is 4.39. The second kappa shape index (κ2) is 6.44. The van der Waals surface area contributed by atoms with Gasteiger partial charge in [0.25, 0.3) is 0 Å². The molecule has 1 saturated heterocycles. The Balaban J connectivity index is 1.59.